The van der Waals surface area contributed by atoms with Crippen LogP contribution in [0.4, 0.5) is 5.69 Å². The van der Waals surface area contributed by atoms with Crippen LogP contribution in [0.5, 0.6) is 0 Å². The topological polar surface area (TPSA) is 41.1 Å². The summed E-state index contributed by atoms with van der Waals surface area (Å²) in [5.74, 6) is -0.000779. The second-order valence-electron chi connectivity index (χ2n) is 5.30. The molecule has 2 rings (SSSR count). The number of aryl methyl sites for hydroxylation is 2. The monoisotopic (exact) mass is 282 g/mol. The van der Waals surface area contributed by atoms with Crippen molar-refractivity contribution in [1.82, 2.24) is 5.32 Å². The summed E-state index contributed by atoms with van der Waals surface area (Å²) in [7, 11) is 0. The Hall–Kier alpha value is -2.29. The normalized spacial score (nSPS) is 10.2. The minimum atomic E-state index is -0.000779. The predicted octanol–water partition coefficient (Wildman–Crippen LogP) is 3.34. The van der Waals surface area contributed by atoms with Crippen LogP contribution < -0.4 is 10.6 Å². The van der Waals surface area contributed by atoms with Crippen molar-refractivity contribution in [1.29, 1.82) is 0 Å². The Kier molecular flexibility index (Phi) is 4.99. The van der Waals surface area contributed by atoms with Gasteiger partial charge in [-0.25, -0.2) is 0 Å². The Morgan fingerprint density at radius 1 is 0.952 bits per heavy atom. The molecule has 0 aliphatic carbocycles. The summed E-state index contributed by atoms with van der Waals surface area (Å²) in [6, 6.07) is 14.1. The predicted molar refractivity (Wildman–Crippen MR) is 87.4 cm³/mol. The molecule has 2 aromatic carbocycles. The average molecular weight is 282 g/mol. The van der Waals surface area contributed by atoms with Crippen LogP contribution in [0.1, 0.15) is 22.3 Å². The second kappa shape index (κ2) is 6.93. The highest BCUT2D eigenvalue weighted by Gasteiger charge is 2.05. The Balaban J connectivity index is 1.85. The van der Waals surface area contributed by atoms with E-state index >= 15 is 0 Å². The van der Waals surface area contributed by atoms with Gasteiger partial charge >= 0.3 is 0 Å². The molecule has 1 amide bonds. The molecule has 0 bridgehead atoms. The third kappa shape index (κ3) is 4.09. The maximum Gasteiger partial charge on any atom is 0.239 e. The highest BCUT2D eigenvalue weighted by molar-refractivity contribution is 5.81. The number of anilines is 1. The van der Waals surface area contributed by atoms with Crippen LogP contribution in [0.25, 0.3) is 0 Å². The fraction of sp³-hybridized carbons (Fsp3) is 0.278. The van der Waals surface area contributed by atoms with Crippen molar-refractivity contribution >= 4 is 11.6 Å². The average Bonchev–Trinajstić information content (AvgIpc) is 2.48. The molecule has 110 valence electrons. The highest BCUT2D eigenvalue weighted by atomic mass is 16.1. The van der Waals surface area contributed by atoms with Gasteiger partial charge in [-0.15, -0.1) is 0 Å². The standard InChI is InChI=1S/C18H22N2O/c1-13-8-6-10-17(15(13)3)19-12-18(21)20-11-16-9-5-4-7-14(16)2/h4-10,19H,11-12H2,1-3H3,(H,20,21). The van der Waals surface area contributed by atoms with Crippen LogP contribution in [-0.2, 0) is 11.3 Å². The summed E-state index contributed by atoms with van der Waals surface area (Å²) >= 11 is 0. The van der Waals surface area contributed by atoms with Gasteiger partial charge in [0, 0.05) is 12.2 Å². The van der Waals surface area contributed by atoms with E-state index in [1.54, 1.807) is 0 Å². The fourth-order valence-corrected chi connectivity index (χ4v) is 2.18. The first kappa shape index (κ1) is 15.1. The van der Waals surface area contributed by atoms with E-state index in [9.17, 15) is 4.79 Å². The van der Waals surface area contributed by atoms with Crippen molar-refractivity contribution in [2.45, 2.75) is 27.3 Å². The number of hydrogen-bond acceptors (Lipinski definition) is 2. The van der Waals surface area contributed by atoms with Gasteiger partial charge in [0.25, 0.3) is 0 Å². The van der Waals surface area contributed by atoms with Crippen molar-refractivity contribution in [3.8, 4) is 0 Å². The van der Waals surface area contributed by atoms with E-state index in [0.29, 0.717) is 6.54 Å². The molecule has 0 spiro atoms. The molecule has 2 N–H and O–H groups in total. The lowest BCUT2D eigenvalue weighted by Gasteiger charge is -2.12. The van der Waals surface area contributed by atoms with Crippen molar-refractivity contribution in [3.05, 3.63) is 64.7 Å². The Morgan fingerprint density at radius 2 is 1.67 bits per heavy atom. The first-order valence-corrected chi connectivity index (χ1v) is 7.19. The first-order valence-electron chi connectivity index (χ1n) is 7.19. The third-order valence-electron chi connectivity index (χ3n) is 3.78. The van der Waals surface area contributed by atoms with Crippen LogP contribution in [0.2, 0.25) is 0 Å². The maximum absolute atomic E-state index is 11.9. The lowest BCUT2D eigenvalue weighted by Crippen LogP contribution is -2.29. The zero-order chi connectivity index (χ0) is 15.2. The number of benzene rings is 2. The minimum Gasteiger partial charge on any atom is -0.376 e. The molecule has 3 heteroatoms. The molecule has 21 heavy (non-hydrogen) atoms. The third-order valence-corrected chi connectivity index (χ3v) is 3.78. The molecule has 0 aromatic heterocycles. The summed E-state index contributed by atoms with van der Waals surface area (Å²) in [6.07, 6.45) is 0. The highest BCUT2D eigenvalue weighted by Crippen LogP contribution is 2.17. The van der Waals surface area contributed by atoms with Gasteiger partial charge < -0.3 is 10.6 Å². The smallest absolute Gasteiger partial charge is 0.239 e. The molecule has 0 saturated heterocycles. The summed E-state index contributed by atoms with van der Waals surface area (Å²) in [5, 5.41) is 6.14. The van der Waals surface area contributed by atoms with Crippen LogP contribution in [0.15, 0.2) is 42.5 Å². The van der Waals surface area contributed by atoms with Gasteiger partial charge in [0.15, 0.2) is 0 Å². The molecule has 0 fully saturated rings. The number of rotatable bonds is 5. The lowest BCUT2D eigenvalue weighted by atomic mass is 10.1. The number of carbonyl (C=O) groups is 1. The molecule has 0 aliphatic heterocycles. The van der Waals surface area contributed by atoms with Gasteiger partial charge in [-0.05, 0) is 49.1 Å². The fourth-order valence-electron chi connectivity index (χ4n) is 2.18. The molecule has 0 aliphatic rings. The molecule has 0 heterocycles. The summed E-state index contributed by atoms with van der Waals surface area (Å²) in [5.41, 5.74) is 5.77. The van der Waals surface area contributed by atoms with Gasteiger partial charge in [-0.3, -0.25) is 4.79 Å². The van der Waals surface area contributed by atoms with E-state index in [1.807, 2.05) is 30.3 Å². The molecule has 0 saturated carbocycles. The molecule has 0 radical (unpaired) electrons. The van der Waals surface area contributed by atoms with Crippen molar-refractivity contribution < 1.29 is 4.79 Å². The largest absolute Gasteiger partial charge is 0.376 e. The van der Waals surface area contributed by atoms with Crippen LogP contribution in [0.3, 0.4) is 0 Å². The summed E-state index contributed by atoms with van der Waals surface area (Å²) in [6.45, 7) is 7.04. The van der Waals surface area contributed by atoms with Crippen molar-refractivity contribution in [2.75, 3.05) is 11.9 Å². The van der Waals surface area contributed by atoms with Gasteiger partial charge in [-0.2, -0.15) is 0 Å². The van der Waals surface area contributed by atoms with Crippen molar-refractivity contribution in [3.63, 3.8) is 0 Å². The quantitative estimate of drug-likeness (QED) is 0.883. The first-order chi connectivity index (χ1) is 10.1. The van der Waals surface area contributed by atoms with E-state index in [0.717, 1.165) is 11.3 Å². The van der Waals surface area contributed by atoms with Gasteiger partial charge in [0.05, 0.1) is 6.54 Å². The van der Waals surface area contributed by atoms with Gasteiger partial charge in [0.1, 0.15) is 0 Å². The van der Waals surface area contributed by atoms with E-state index in [2.05, 4.69) is 43.5 Å². The van der Waals surface area contributed by atoms with E-state index in [-0.39, 0.29) is 12.5 Å². The van der Waals surface area contributed by atoms with Gasteiger partial charge in [-0.1, -0.05) is 36.4 Å². The summed E-state index contributed by atoms with van der Waals surface area (Å²) < 4.78 is 0. The molecular weight excluding hydrogens is 260 g/mol. The lowest BCUT2D eigenvalue weighted by molar-refractivity contribution is -0.119. The number of hydrogen-bond donors (Lipinski definition) is 2. The number of carbonyl (C=O) groups excluding carboxylic acids is 1. The zero-order valence-corrected chi connectivity index (χ0v) is 12.9. The summed E-state index contributed by atoms with van der Waals surface area (Å²) in [4.78, 5) is 11.9. The van der Waals surface area contributed by atoms with Crippen LogP contribution in [0, 0.1) is 20.8 Å². The Morgan fingerprint density at radius 3 is 2.43 bits per heavy atom. The molecule has 0 atom stereocenters. The molecule has 3 nitrogen and oxygen atoms in total. The van der Waals surface area contributed by atoms with E-state index < -0.39 is 0 Å². The number of amides is 1. The van der Waals surface area contributed by atoms with Crippen LogP contribution in [-0.4, -0.2) is 12.5 Å². The van der Waals surface area contributed by atoms with Crippen LogP contribution >= 0.6 is 0 Å². The molecule has 0 unspecified atom stereocenters. The number of nitrogens with one attached hydrogen (secondary N) is 2. The Labute approximate surface area is 126 Å². The molecule has 2 aromatic rings. The van der Waals surface area contributed by atoms with E-state index in [1.165, 1.54) is 16.7 Å². The second-order valence-corrected chi connectivity index (χ2v) is 5.30. The zero-order valence-electron chi connectivity index (χ0n) is 12.9. The Bertz CT molecular complexity index is 635. The SMILES string of the molecule is Cc1ccccc1CNC(=O)CNc1cccc(C)c1C. The van der Waals surface area contributed by atoms with Crippen molar-refractivity contribution in [2.24, 2.45) is 0 Å². The maximum atomic E-state index is 11.9. The van der Waals surface area contributed by atoms with Gasteiger partial charge in [0.2, 0.25) is 5.91 Å². The minimum absolute atomic E-state index is 0.000779. The molecular formula is C18H22N2O. The van der Waals surface area contributed by atoms with E-state index in [4.69, 9.17) is 0 Å².